The monoisotopic (exact) mass is 291 g/mol. The number of anilines is 2. The summed E-state index contributed by atoms with van der Waals surface area (Å²) in [5.41, 5.74) is 8.19. The summed E-state index contributed by atoms with van der Waals surface area (Å²) in [4.78, 5) is 4.05. The number of nitrogens with two attached hydrogens (primary N) is 1. The highest BCUT2D eigenvalue weighted by Gasteiger charge is 2.26. The molecule has 0 aliphatic carbocycles. The minimum absolute atomic E-state index is 0.164. The van der Waals surface area contributed by atoms with Crippen molar-refractivity contribution in [3.8, 4) is 0 Å². The van der Waals surface area contributed by atoms with Crippen molar-refractivity contribution >= 4 is 21.4 Å². The summed E-state index contributed by atoms with van der Waals surface area (Å²) in [7, 11) is -2.19. The lowest BCUT2D eigenvalue weighted by molar-refractivity contribution is 0.594. The van der Waals surface area contributed by atoms with Crippen molar-refractivity contribution in [2.45, 2.75) is 18.7 Å². The number of rotatable bonds is 3. The first-order valence-electron chi connectivity index (χ1n) is 6.10. The fourth-order valence-electron chi connectivity index (χ4n) is 1.98. The van der Waals surface area contributed by atoms with Gasteiger partial charge in [-0.15, -0.1) is 0 Å². The highest BCUT2D eigenvalue weighted by atomic mass is 32.2. The van der Waals surface area contributed by atoms with Gasteiger partial charge in [0, 0.05) is 19.4 Å². The van der Waals surface area contributed by atoms with Crippen molar-refractivity contribution in [1.82, 2.24) is 4.98 Å². The number of nitrogens with zero attached hydrogens (tertiary/aromatic N) is 2. The number of benzene rings is 1. The van der Waals surface area contributed by atoms with Gasteiger partial charge in [0.25, 0.3) is 10.0 Å². The highest BCUT2D eigenvalue weighted by Crippen LogP contribution is 2.30. The normalized spacial score (nSPS) is 11.3. The minimum Gasteiger partial charge on any atom is -0.397 e. The van der Waals surface area contributed by atoms with Crippen LogP contribution < -0.4 is 10.0 Å². The van der Waals surface area contributed by atoms with E-state index >= 15 is 0 Å². The third kappa shape index (κ3) is 2.34. The topological polar surface area (TPSA) is 76.3 Å². The van der Waals surface area contributed by atoms with Gasteiger partial charge in [-0.3, -0.25) is 9.29 Å². The van der Waals surface area contributed by atoms with Gasteiger partial charge in [0.15, 0.2) is 0 Å². The molecule has 0 unspecified atom stereocenters. The van der Waals surface area contributed by atoms with Crippen LogP contribution in [0.15, 0.2) is 41.6 Å². The highest BCUT2D eigenvalue weighted by molar-refractivity contribution is 7.93. The molecule has 1 aromatic carbocycles. The van der Waals surface area contributed by atoms with Gasteiger partial charge in [-0.05, 0) is 37.1 Å². The molecule has 0 spiro atoms. The zero-order valence-corrected chi connectivity index (χ0v) is 12.5. The fourth-order valence-corrected chi connectivity index (χ4v) is 3.57. The van der Waals surface area contributed by atoms with Crippen LogP contribution in [0.5, 0.6) is 0 Å². The molecule has 2 rings (SSSR count). The van der Waals surface area contributed by atoms with E-state index in [9.17, 15) is 8.42 Å². The van der Waals surface area contributed by atoms with E-state index in [1.54, 1.807) is 44.4 Å². The third-order valence-corrected chi connectivity index (χ3v) is 5.25. The summed E-state index contributed by atoms with van der Waals surface area (Å²) in [6.45, 7) is 3.53. The largest absolute Gasteiger partial charge is 0.397 e. The average molecular weight is 291 g/mol. The first-order chi connectivity index (χ1) is 9.35. The van der Waals surface area contributed by atoms with Crippen LogP contribution in [-0.4, -0.2) is 20.4 Å². The zero-order chi connectivity index (χ0) is 14.9. The van der Waals surface area contributed by atoms with E-state index in [2.05, 4.69) is 4.98 Å². The molecule has 2 N–H and O–H groups in total. The summed E-state index contributed by atoms with van der Waals surface area (Å²) < 4.78 is 26.7. The van der Waals surface area contributed by atoms with Gasteiger partial charge < -0.3 is 5.73 Å². The van der Waals surface area contributed by atoms with E-state index in [0.29, 0.717) is 16.9 Å². The van der Waals surface area contributed by atoms with Crippen LogP contribution in [-0.2, 0) is 10.0 Å². The molecule has 0 fully saturated rings. The van der Waals surface area contributed by atoms with Crippen LogP contribution in [0.1, 0.15) is 11.1 Å². The SMILES string of the molecule is Cc1ccc(C)c(S(=O)(=O)N(C)c2ccncc2)c1N. The van der Waals surface area contributed by atoms with Crippen molar-refractivity contribution < 1.29 is 8.42 Å². The number of hydrogen-bond donors (Lipinski definition) is 1. The molecular formula is C14H17N3O2S. The molecule has 20 heavy (non-hydrogen) atoms. The summed E-state index contributed by atoms with van der Waals surface area (Å²) in [5, 5.41) is 0. The molecule has 106 valence electrons. The number of aryl methyl sites for hydroxylation is 2. The Balaban J connectivity index is 2.60. The van der Waals surface area contributed by atoms with Crippen LogP contribution in [0.3, 0.4) is 0 Å². The summed E-state index contributed by atoms with van der Waals surface area (Å²) in [5.74, 6) is 0. The van der Waals surface area contributed by atoms with Crippen molar-refractivity contribution in [2.75, 3.05) is 17.1 Å². The van der Waals surface area contributed by atoms with Gasteiger partial charge in [0.05, 0.1) is 11.4 Å². The van der Waals surface area contributed by atoms with E-state index in [0.717, 1.165) is 5.56 Å². The lowest BCUT2D eigenvalue weighted by Gasteiger charge is -2.22. The number of sulfonamides is 1. The summed E-state index contributed by atoms with van der Waals surface area (Å²) in [6.07, 6.45) is 3.10. The van der Waals surface area contributed by atoms with Crippen LogP contribution in [0.2, 0.25) is 0 Å². The second-order valence-corrected chi connectivity index (χ2v) is 6.53. The van der Waals surface area contributed by atoms with Crippen molar-refractivity contribution in [2.24, 2.45) is 0 Å². The minimum atomic E-state index is -3.70. The molecule has 2 aromatic rings. The number of nitrogen functional groups attached to an aromatic ring is 1. The van der Waals surface area contributed by atoms with Gasteiger partial charge in [0.2, 0.25) is 0 Å². The Labute approximate surface area is 119 Å². The van der Waals surface area contributed by atoms with Gasteiger partial charge in [-0.2, -0.15) is 0 Å². The molecule has 0 aliphatic rings. The van der Waals surface area contributed by atoms with E-state index < -0.39 is 10.0 Å². The van der Waals surface area contributed by atoms with Gasteiger partial charge >= 0.3 is 0 Å². The van der Waals surface area contributed by atoms with E-state index in [1.165, 1.54) is 11.4 Å². The van der Waals surface area contributed by atoms with E-state index in [1.807, 2.05) is 6.07 Å². The van der Waals surface area contributed by atoms with Crippen molar-refractivity contribution in [1.29, 1.82) is 0 Å². The first-order valence-corrected chi connectivity index (χ1v) is 7.54. The van der Waals surface area contributed by atoms with E-state index in [-0.39, 0.29) is 4.90 Å². The Morgan fingerprint density at radius 3 is 2.20 bits per heavy atom. The molecule has 1 aromatic heterocycles. The summed E-state index contributed by atoms with van der Waals surface area (Å²) >= 11 is 0. The molecule has 6 heteroatoms. The molecule has 1 heterocycles. The Morgan fingerprint density at radius 2 is 1.60 bits per heavy atom. The van der Waals surface area contributed by atoms with E-state index in [4.69, 9.17) is 5.73 Å². The first kappa shape index (κ1) is 14.3. The Bertz CT molecular complexity index is 728. The molecule has 0 atom stereocenters. The quantitative estimate of drug-likeness (QED) is 0.879. The third-order valence-electron chi connectivity index (χ3n) is 3.26. The maximum Gasteiger partial charge on any atom is 0.266 e. The molecule has 0 saturated heterocycles. The fraction of sp³-hybridized carbons (Fsp3) is 0.214. The number of hydrogen-bond acceptors (Lipinski definition) is 4. The molecule has 0 amide bonds. The molecule has 0 aliphatic heterocycles. The Hall–Kier alpha value is -2.08. The average Bonchev–Trinajstić information content (AvgIpc) is 2.43. The maximum absolute atomic E-state index is 12.8. The molecule has 0 radical (unpaired) electrons. The maximum atomic E-state index is 12.8. The van der Waals surface area contributed by atoms with Crippen molar-refractivity contribution in [3.63, 3.8) is 0 Å². The van der Waals surface area contributed by atoms with Crippen LogP contribution in [0.4, 0.5) is 11.4 Å². The predicted octanol–water partition coefficient (Wildman–Crippen LogP) is 2.11. The standard InChI is InChI=1S/C14H17N3O2S/c1-10-4-5-11(2)14(13(10)15)20(18,19)17(3)12-6-8-16-9-7-12/h4-9H,15H2,1-3H3. The Morgan fingerprint density at radius 1 is 1.05 bits per heavy atom. The molecule has 0 saturated carbocycles. The second kappa shape index (κ2) is 5.13. The van der Waals surface area contributed by atoms with Crippen LogP contribution in [0, 0.1) is 13.8 Å². The smallest absolute Gasteiger partial charge is 0.266 e. The van der Waals surface area contributed by atoms with Crippen molar-refractivity contribution in [3.05, 3.63) is 47.8 Å². The molecular weight excluding hydrogens is 274 g/mol. The van der Waals surface area contributed by atoms with Gasteiger partial charge in [0.1, 0.15) is 4.90 Å². The van der Waals surface area contributed by atoms with Crippen LogP contribution >= 0.6 is 0 Å². The van der Waals surface area contributed by atoms with Crippen LogP contribution in [0.25, 0.3) is 0 Å². The lowest BCUT2D eigenvalue weighted by atomic mass is 10.1. The predicted molar refractivity (Wildman–Crippen MR) is 80.2 cm³/mol. The summed E-state index contributed by atoms with van der Waals surface area (Å²) in [6, 6.07) is 6.85. The zero-order valence-electron chi connectivity index (χ0n) is 11.7. The number of aromatic nitrogens is 1. The van der Waals surface area contributed by atoms with Gasteiger partial charge in [-0.25, -0.2) is 8.42 Å². The Kier molecular flexibility index (Phi) is 3.67. The lowest BCUT2D eigenvalue weighted by Crippen LogP contribution is -2.28. The second-order valence-electron chi connectivity index (χ2n) is 4.62. The van der Waals surface area contributed by atoms with Gasteiger partial charge in [-0.1, -0.05) is 12.1 Å². The molecule has 0 bridgehead atoms. The number of pyridine rings is 1. The molecule has 5 nitrogen and oxygen atoms in total.